The number of hydrogen-bond acceptors (Lipinski definition) is 2. The van der Waals surface area contributed by atoms with Crippen molar-refractivity contribution in [2.45, 2.75) is 4.90 Å². The van der Waals surface area contributed by atoms with Crippen LogP contribution in [0.2, 0.25) is 0 Å². The molecule has 0 saturated carbocycles. The fraction of sp³-hybridized carbons (Fsp3) is 0. The number of nitrogens with two attached hydrogens (primary N) is 1. The van der Waals surface area contributed by atoms with Crippen LogP contribution in [0.4, 0.5) is 10.1 Å². The van der Waals surface area contributed by atoms with Crippen molar-refractivity contribution in [3.8, 4) is 0 Å². The Labute approximate surface area is 86.5 Å². The molecule has 0 amide bonds. The van der Waals surface area contributed by atoms with E-state index in [4.69, 9.17) is 5.73 Å². The van der Waals surface area contributed by atoms with Gasteiger partial charge in [0.25, 0.3) is 0 Å². The molecule has 1 aromatic rings. The van der Waals surface area contributed by atoms with Gasteiger partial charge in [-0.2, -0.15) is 0 Å². The van der Waals surface area contributed by atoms with Gasteiger partial charge < -0.3 is 5.73 Å². The Balaban J connectivity index is 0.000000810. The molecule has 0 spiro atoms. The zero-order chi connectivity index (χ0) is 6.85. The van der Waals surface area contributed by atoms with Gasteiger partial charge in [-0.05, 0) is 18.2 Å². The molecule has 0 unspecified atom stereocenters. The average Bonchev–Trinajstić information content (AvgIpc) is 1.80. The maximum atomic E-state index is 12.2. The summed E-state index contributed by atoms with van der Waals surface area (Å²) in [5, 5.41) is 0. The van der Waals surface area contributed by atoms with Gasteiger partial charge in [0, 0.05) is 10.6 Å². The first-order valence-electron chi connectivity index (χ1n) is 2.44. The second-order valence-electron chi connectivity index (χ2n) is 1.70. The van der Waals surface area contributed by atoms with Gasteiger partial charge in [0.15, 0.2) is 0 Å². The molecule has 0 aromatic heterocycles. The second-order valence-corrected chi connectivity index (χ2v) is 2.18. The van der Waals surface area contributed by atoms with E-state index in [0.717, 1.165) is 0 Å². The quantitative estimate of drug-likeness (QED) is 0.337. The number of rotatable bonds is 0. The second kappa shape index (κ2) is 4.23. The molecule has 0 aliphatic carbocycles. The van der Waals surface area contributed by atoms with Gasteiger partial charge in [0.1, 0.15) is 5.82 Å². The number of thiol groups is 1. The van der Waals surface area contributed by atoms with Crippen LogP contribution in [0.5, 0.6) is 0 Å². The van der Waals surface area contributed by atoms with Gasteiger partial charge >= 0.3 is 29.6 Å². The summed E-state index contributed by atoms with van der Waals surface area (Å²) in [5.74, 6) is -0.311. The monoisotopic (exact) mass is 167 g/mol. The van der Waals surface area contributed by atoms with E-state index >= 15 is 0 Å². The van der Waals surface area contributed by atoms with E-state index in [9.17, 15) is 4.39 Å². The molecule has 0 bridgehead atoms. The van der Waals surface area contributed by atoms with Crippen LogP contribution < -0.4 is 5.73 Å². The van der Waals surface area contributed by atoms with Crippen molar-refractivity contribution in [3.63, 3.8) is 0 Å². The predicted molar refractivity (Wildman–Crippen MR) is 45.2 cm³/mol. The number of halogens is 1. The van der Waals surface area contributed by atoms with Crippen LogP contribution in [0, 0.1) is 5.82 Å². The third-order valence-corrected chi connectivity index (χ3v) is 1.38. The van der Waals surface area contributed by atoms with Crippen LogP contribution in [0.25, 0.3) is 0 Å². The fourth-order valence-corrected chi connectivity index (χ4v) is 0.715. The average molecular weight is 167 g/mol. The van der Waals surface area contributed by atoms with E-state index in [1.807, 2.05) is 0 Å². The van der Waals surface area contributed by atoms with E-state index in [1.165, 1.54) is 18.2 Å². The summed E-state index contributed by atoms with van der Waals surface area (Å²) in [7, 11) is 0. The summed E-state index contributed by atoms with van der Waals surface area (Å²) < 4.78 is 12.2. The molecule has 0 fully saturated rings. The Morgan fingerprint density at radius 2 is 2.00 bits per heavy atom. The first kappa shape index (κ1) is 10.3. The third kappa shape index (κ3) is 2.50. The van der Waals surface area contributed by atoms with Crippen LogP contribution in [0.3, 0.4) is 0 Å². The predicted octanol–water partition coefficient (Wildman–Crippen LogP) is 1.05. The molecule has 10 heavy (non-hydrogen) atoms. The van der Waals surface area contributed by atoms with Crippen LogP contribution in [0.1, 0.15) is 0 Å². The summed E-state index contributed by atoms with van der Waals surface area (Å²) in [6.07, 6.45) is 0. The van der Waals surface area contributed by atoms with Crippen molar-refractivity contribution in [2.24, 2.45) is 0 Å². The van der Waals surface area contributed by atoms with Gasteiger partial charge in [0.05, 0.1) is 0 Å². The van der Waals surface area contributed by atoms with Crippen molar-refractivity contribution < 1.29 is 4.39 Å². The molecule has 1 rings (SSSR count). The van der Waals surface area contributed by atoms with E-state index < -0.39 is 0 Å². The topological polar surface area (TPSA) is 26.0 Å². The van der Waals surface area contributed by atoms with E-state index in [2.05, 4.69) is 12.6 Å². The number of nitrogen functional groups attached to an aromatic ring is 1. The Bertz CT molecular complexity index is 229. The molecule has 4 heteroatoms. The van der Waals surface area contributed by atoms with Gasteiger partial charge in [-0.1, -0.05) is 0 Å². The van der Waals surface area contributed by atoms with Crippen LogP contribution in [-0.4, -0.2) is 29.6 Å². The van der Waals surface area contributed by atoms with Gasteiger partial charge in [-0.15, -0.1) is 12.6 Å². The van der Waals surface area contributed by atoms with Crippen molar-refractivity contribution >= 4 is 47.9 Å². The molecule has 0 radical (unpaired) electrons. The normalized spacial score (nSPS) is 8.60. The summed E-state index contributed by atoms with van der Waals surface area (Å²) in [5.41, 5.74) is 5.85. The molecule has 50 valence electrons. The Hall–Kier alpha value is 0.300. The number of hydrogen-bond donors (Lipinski definition) is 2. The van der Waals surface area contributed by atoms with Crippen molar-refractivity contribution in [2.75, 3.05) is 5.73 Å². The van der Waals surface area contributed by atoms with Crippen LogP contribution in [-0.2, 0) is 0 Å². The molecule has 0 saturated heterocycles. The fourth-order valence-electron chi connectivity index (χ4n) is 0.517. The third-order valence-electron chi connectivity index (χ3n) is 0.992. The molecule has 0 aliphatic rings. The standard InChI is InChI=1S/C6H6FNS.Na.H/c7-4-1-2-5(8)6(9)3-4;;/h1-3,9H,8H2;;. The SMILES string of the molecule is Nc1ccc(F)cc1S.[NaH]. The molecule has 0 aliphatic heterocycles. The Morgan fingerprint density at radius 3 is 2.40 bits per heavy atom. The summed E-state index contributed by atoms with van der Waals surface area (Å²) in [6, 6.07) is 4.06. The van der Waals surface area contributed by atoms with Crippen molar-refractivity contribution in [3.05, 3.63) is 24.0 Å². The zero-order valence-electron chi connectivity index (χ0n) is 4.63. The summed E-state index contributed by atoms with van der Waals surface area (Å²) >= 11 is 3.90. The Kier molecular flexibility index (Phi) is 4.36. The van der Waals surface area contributed by atoms with Crippen molar-refractivity contribution in [1.82, 2.24) is 0 Å². The molecular formula is C6H7FNNaS. The van der Waals surface area contributed by atoms with E-state index in [-0.39, 0.29) is 35.4 Å². The van der Waals surface area contributed by atoms with Crippen LogP contribution in [0.15, 0.2) is 23.1 Å². The first-order valence-corrected chi connectivity index (χ1v) is 2.89. The molecule has 2 N–H and O–H groups in total. The van der Waals surface area contributed by atoms with Crippen LogP contribution >= 0.6 is 12.6 Å². The number of anilines is 1. The Morgan fingerprint density at radius 1 is 1.40 bits per heavy atom. The molecule has 0 atom stereocenters. The molecule has 0 heterocycles. The first-order chi connectivity index (χ1) is 4.20. The summed E-state index contributed by atoms with van der Waals surface area (Å²) in [6.45, 7) is 0. The van der Waals surface area contributed by atoms with Gasteiger partial charge in [-0.25, -0.2) is 4.39 Å². The zero-order valence-corrected chi connectivity index (χ0v) is 5.53. The maximum absolute atomic E-state index is 12.2. The summed E-state index contributed by atoms with van der Waals surface area (Å²) in [4.78, 5) is 0.481. The molecule has 1 aromatic carbocycles. The number of benzene rings is 1. The minimum atomic E-state index is -0.311. The van der Waals surface area contributed by atoms with E-state index in [0.29, 0.717) is 10.6 Å². The molecule has 1 nitrogen and oxygen atoms in total. The van der Waals surface area contributed by atoms with E-state index in [1.54, 1.807) is 0 Å². The van der Waals surface area contributed by atoms with Gasteiger partial charge in [-0.3, -0.25) is 0 Å². The molecular weight excluding hydrogens is 160 g/mol. The van der Waals surface area contributed by atoms with Crippen molar-refractivity contribution in [1.29, 1.82) is 0 Å². The minimum absolute atomic E-state index is 0. The van der Waals surface area contributed by atoms with Gasteiger partial charge in [0.2, 0.25) is 0 Å².